The molecule has 1 atom stereocenters. The Hall–Kier alpha value is -0.0400. The maximum Gasteiger partial charge on any atom is 0.0597 e. The second-order valence-electron chi connectivity index (χ2n) is 3.61. The van der Waals surface area contributed by atoms with Crippen LogP contribution in [-0.2, 0) is 4.74 Å². The van der Waals surface area contributed by atoms with Gasteiger partial charge in [0.25, 0.3) is 0 Å². The maximum atomic E-state index is 5.49. The Morgan fingerprint density at radius 1 is 1.44 bits per heavy atom. The van der Waals surface area contributed by atoms with Gasteiger partial charge in [-0.1, -0.05) is 13.8 Å². The fourth-order valence-electron chi connectivity index (χ4n) is 1.22. The van der Waals surface area contributed by atoms with E-state index in [1.807, 2.05) is 0 Å². The molecule has 0 radical (unpaired) electrons. The van der Waals surface area contributed by atoms with Crippen LogP contribution in [0.3, 0.4) is 0 Å². The van der Waals surface area contributed by atoms with Crippen LogP contribution in [0.5, 0.6) is 0 Å². The van der Waals surface area contributed by atoms with Crippen molar-refractivity contribution in [1.29, 1.82) is 0 Å². The van der Waals surface area contributed by atoms with Crippen molar-refractivity contribution in [2.24, 2.45) is 5.41 Å². The molecule has 0 spiro atoms. The first-order valence-corrected chi connectivity index (χ1v) is 3.74. The van der Waals surface area contributed by atoms with Crippen molar-refractivity contribution in [3.8, 4) is 0 Å². The van der Waals surface area contributed by atoms with Crippen LogP contribution in [0.15, 0.2) is 0 Å². The molecular weight excluding hydrogens is 112 g/mol. The van der Waals surface area contributed by atoms with E-state index in [-0.39, 0.29) is 0 Å². The summed E-state index contributed by atoms with van der Waals surface area (Å²) in [6.45, 7) is 7.68. The predicted molar refractivity (Wildman–Crippen MR) is 38.4 cm³/mol. The Labute approximate surface area is 57.4 Å². The zero-order valence-electron chi connectivity index (χ0n) is 6.61. The lowest BCUT2D eigenvalue weighted by molar-refractivity contribution is -0.0557. The quantitative estimate of drug-likeness (QED) is 0.486. The smallest absolute Gasteiger partial charge is 0.0597 e. The zero-order chi connectivity index (χ0) is 6.91. The van der Waals surface area contributed by atoms with Crippen LogP contribution in [0.2, 0.25) is 0 Å². The molecule has 0 unspecified atom stereocenters. The van der Waals surface area contributed by atoms with E-state index in [9.17, 15) is 0 Å². The molecule has 0 aromatic carbocycles. The second-order valence-corrected chi connectivity index (χ2v) is 3.61. The van der Waals surface area contributed by atoms with Gasteiger partial charge in [0.2, 0.25) is 0 Å². The molecule has 0 aromatic rings. The summed E-state index contributed by atoms with van der Waals surface area (Å²) in [6.07, 6.45) is 3.00. The molecule has 54 valence electrons. The van der Waals surface area contributed by atoms with E-state index in [0.717, 1.165) is 6.61 Å². The molecule has 0 bridgehead atoms. The fraction of sp³-hybridized carbons (Fsp3) is 1.00. The van der Waals surface area contributed by atoms with Gasteiger partial charge in [0.15, 0.2) is 0 Å². The topological polar surface area (TPSA) is 9.23 Å². The summed E-state index contributed by atoms with van der Waals surface area (Å²) >= 11 is 0. The van der Waals surface area contributed by atoms with E-state index in [1.165, 1.54) is 12.8 Å². The van der Waals surface area contributed by atoms with E-state index >= 15 is 0 Å². The highest BCUT2D eigenvalue weighted by molar-refractivity contribution is 4.78. The highest BCUT2D eigenvalue weighted by Crippen LogP contribution is 2.32. The second kappa shape index (κ2) is 2.30. The van der Waals surface area contributed by atoms with Crippen LogP contribution < -0.4 is 0 Å². The van der Waals surface area contributed by atoms with Crippen molar-refractivity contribution in [2.75, 3.05) is 6.61 Å². The highest BCUT2D eigenvalue weighted by atomic mass is 16.5. The SMILES string of the molecule is C[C@H]1OCCCC1(C)C. The van der Waals surface area contributed by atoms with Crippen molar-refractivity contribution in [2.45, 2.75) is 39.7 Å². The Bertz CT molecular complexity index is 96.7. The van der Waals surface area contributed by atoms with Gasteiger partial charge in [0.05, 0.1) is 6.10 Å². The first-order chi connectivity index (χ1) is 4.13. The normalized spacial score (nSPS) is 34.3. The summed E-state index contributed by atoms with van der Waals surface area (Å²) in [5.41, 5.74) is 0.415. The van der Waals surface area contributed by atoms with Crippen molar-refractivity contribution >= 4 is 0 Å². The molecule has 9 heavy (non-hydrogen) atoms. The maximum absolute atomic E-state index is 5.49. The monoisotopic (exact) mass is 128 g/mol. The Balaban J connectivity index is 2.49. The van der Waals surface area contributed by atoms with Crippen LogP contribution in [-0.4, -0.2) is 12.7 Å². The molecule has 1 heterocycles. The minimum Gasteiger partial charge on any atom is -0.378 e. The van der Waals surface area contributed by atoms with E-state index in [2.05, 4.69) is 20.8 Å². The van der Waals surface area contributed by atoms with Gasteiger partial charge < -0.3 is 4.74 Å². The van der Waals surface area contributed by atoms with Crippen molar-refractivity contribution in [3.05, 3.63) is 0 Å². The standard InChI is InChI=1S/C8H16O/c1-7-8(2,3)5-4-6-9-7/h7H,4-6H2,1-3H3/t7-/m1/s1. The minimum absolute atomic E-state index is 0.415. The number of hydrogen-bond donors (Lipinski definition) is 0. The summed E-state index contributed by atoms with van der Waals surface area (Å²) in [4.78, 5) is 0. The van der Waals surface area contributed by atoms with Crippen molar-refractivity contribution in [3.63, 3.8) is 0 Å². The first kappa shape index (κ1) is 7.07. The predicted octanol–water partition coefficient (Wildman–Crippen LogP) is 2.21. The van der Waals surface area contributed by atoms with Gasteiger partial charge in [0, 0.05) is 6.61 Å². The van der Waals surface area contributed by atoms with Gasteiger partial charge in [-0.25, -0.2) is 0 Å². The van der Waals surface area contributed by atoms with Gasteiger partial charge in [-0.2, -0.15) is 0 Å². The minimum atomic E-state index is 0.415. The van der Waals surface area contributed by atoms with Gasteiger partial charge in [-0.3, -0.25) is 0 Å². The number of rotatable bonds is 0. The largest absolute Gasteiger partial charge is 0.378 e. The fourth-order valence-corrected chi connectivity index (χ4v) is 1.22. The van der Waals surface area contributed by atoms with E-state index < -0.39 is 0 Å². The summed E-state index contributed by atoms with van der Waals surface area (Å²) < 4.78 is 5.49. The summed E-state index contributed by atoms with van der Waals surface area (Å²) in [5.74, 6) is 0. The van der Waals surface area contributed by atoms with Crippen LogP contribution in [0.1, 0.15) is 33.6 Å². The lowest BCUT2D eigenvalue weighted by Crippen LogP contribution is -2.34. The first-order valence-electron chi connectivity index (χ1n) is 3.74. The molecule has 1 nitrogen and oxygen atoms in total. The third-order valence-electron chi connectivity index (χ3n) is 2.43. The van der Waals surface area contributed by atoms with E-state index in [0.29, 0.717) is 11.5 Å². The average Bonchev–Trinajstić information content (AvgIpc) is 1.77. The highest BCUT2D eigenvalue weighted by Gasteiger charge is 2.29. The zero-order valence-corrected chi connectivity index (χ0v) is 6.61. The molecule has 0 amide bonds. The molecule has 1 fully saturated rings. The lowest BCUT2D eigenvalue weighted by atomic mass is 9.81. The van der Waals surface area contributed by atoms with Gasteiger partial charge in [-0.15, -0.1) is 0 Å². The van der Waals surface area contributed by atoms with Crippen LogP contribution >= 0.6 is 0 Å². The lowest BCUT2D eigenvalue weighted by Gasteiger charge is -2.36. The third-order valence-corrected chi connectivity index (χ3v) is 2.43. The van der Waals surface area contributed by atoms with Gasteiger partial charge in [-0.05, 0) is 25.2 Å². The Morgan fingerprint density at radius 2 is 2.11 bits per heavy atom. The molecule has 1 heteroatoms. The van der Waals surface area contributed by atoms with Crippen LogP contribution in [0.4, 0.5) is 0 Å². The molecule has 0 saturated carbocycles. The van der Waals surface area contributed by atoms with Crippen molar-refractivity contribution in [1.82, 2.24) is 0 Å². The van der Waals surface area contributed by atoms with E-state index in [1.54, 1.807) is 0 Å². The van der Waals surface area contributed by atoms with E-state index in [4.69, 9.17) is 4.74 Å². The molecule has 1 rings (SSSR count). The molecule has 0 aliphatic carbocycles. The number of ether oxygens (including phenoxy) is 1. The Morgan fingerprint density at radius 3 is 2.44 bits per heavy atom. The molecule has 1 aliphatic heterocycles. The third kappa shape index (κ3) is 1.45. The molecule has 1 aliphatic rings. The molecular formula is C8H16O. The summed E-state index contributed by atoms with van der Waals surface area (Å²) in [7, 11) is 0. The summed E-state index contributed by atoms with van der Waals surface area (Å²) in [6, 6.07) is 0. The molecule has 1 saturated heterocycles. The van der Waals surface area contributed by atoms with Gasteiger partial charge in [0.1, 0.15) is 0 Å². The Kier molecular flexibility index (Phi) is 1.80. The van der Waals surface area contributed by atoms with Crippen molar-refractivity contribution < 1.29 is 4.74 Å². The molecule has 0 aromatic heterocycles. The summed E-state index contributed by atoms with van der Waals surface area (Å²) in [5, 5.41) is 0. The van der Waals surface area contributed by atoms with Gasteiger partial charge >= 0.3 is 0 Å². The van der Waals surface area contributed by atoms with Crippen LogP contribution in [0, 0.1) is 5.41 Å². The number of hydrogen-bond acceptors (Lipinski definition) is 1. The van der Waals surface area contributed by atoms with Crippen LogP contribution in [0.25, 0.3) is 0 Å². The molecule has 0 N–H and O–H groups in total. The average molecular weight is 128 g/mol.